The van der Waals surface area contributed by atoms with Gasteiger partial charge < -0.3 is 15.2 Å². The Hall–Kier alpha value is -1.06. The van der Waals surface area contributed by atoms with Crippen molar-refractivity contribution in [3.8, 4) is 5.75 Å². The van der Waals surface area contributed by atoms with E-state index in [2.05, 4.69) is 0 Å². The monoisotopic (exact) mass is 223 g/mol. The molecule has 0 spiro atoms. The molecule has 0 bridgehead atoms. The lowest BCUT2D eigenvalue weighted by molar-refractivity contribution is 0.0682. The molecular weight excluding hydrogens is 202 g/mol. The summed E-state index contributed by atoms with van der Waals surface area (Å²) < 4.78 is 10.7. The van der Waals surface area contributed by atoms with Gasteiger partial charge in [-0.1, -0.05) is 6.07 Å². The highest BCUT2D eigenvalue weighted by Crippen LogP contribution is 2.21. The topological polar surface area (TPSA) is 44.5 Å². The molecule has 0 radical (unpaired) electrons. The Labute approximate surface area is 97.6 Å². The number of aryl methyl sites for hydroxylation is 1. The van der Waals surface area contributed by atoms with Crippen LogP contribution in [0.2, 0.25) is 0 Å². The summed E-state index contributed by atoms with van der Waals surface area (Å²) >= 11 is 0. The van der Waals surface area contributed by atoms with Crippen LogP contribution in [0.5, 0.6) is 5.75 Å². The van der Waals surface area contributed by atoms with Gasteiger partial charge in [0.15, 0.2) is 0 Å². The van der Waals surface area contributed by atoms with Crippen LogP contribution in [-0.4, -0.2) is 19.8 Å². The number of hydrogen-bond acceptors (Lipinski definition) is 3. The fraction of sp³-hybridized carbons (Fsp3) is 0.538. The van der Waals surface area contributed by atoms with Crippen molar-refractivity contribution in [3.63, 3.8) is 0 Å². The number of ether oxygens (including phenoxy) is 2. The van der Waals surface area contributed by atoms with Gasteiger partial charge >= 0.3 is 0 Å². The van der Waals surface area contributed by atoms with Crippen molar-refractivity contribution in [3.05, 3.63) is 29.3 Å². The average molecular weight is 223 g/mol. The minimum atomic E-state index is -0.0756. The number of nitrogens with two attached hydrogens (primary N) is 1. The maximum Gasteiger partial charge on any atom is 0.119 e. The lowest BCUT2D eigenvalue weighted by Gasteiger charge is -2.17. The molecule has 0 amide bonds. The van der Waals surface area contributed by atoms with E-state index in [1.54, 1.807) is 7.11 Å². The zero-order chi connectivity index (χ0) is 12.1. The fourth-order valence-corrected chi connectivity index (χ4v) is 1.58. The van der Waals surface area contributed by atoms with Gasteiger partial charge in [0.1, 0.15) is 5.75 Å². The lowest BCUT2D eigenvalue weighted by Crippen LogP contribution is -2.20. The summed E-state index contributed by atoms with van der Waals surface area (Å²) in [6.07, 6.45) is 0.213. The normalized spacial score (nSPS) is 12.9. The first-order valence-electron chi connectivity index (χ1n) is 5.56. The Kier molecular flexibility index (Phi) is 4.77. The molecule has 2 N–H and O–H groups in total. The molecule has 1 rings (SSSR count). The highest BCUT2D eigenvalue weighted by molar-refractivity contribution is 5.36. The zero-order valence-corrected chi connectivity index (χ0v) is 10.5. The van der Waals surface area contributed by atoms with Crippen LogP contribution >= 0.6 is 0 Å². The van der Waals surface area contributed by atoms with Crippen LogP contribution in [0.25, 0.3) is 0 Å². The van der Waals surface area contributed by atoms with E-state index in [0.29, 0.717) is 6.61 Å². The van der Waals surface area contributed by atoms with Crippen molar-refractivity contribution in [1.82, 2.24) is 0 Å². The van der Waals surface area contributed by atoms with Crippen molar-refractivity contribution < 1.29 is 9.47 Å². The molecular formula is C13H21NO2. The van der Waals surface area contributed by atoms with E-state index in [1.807, 2.05) is 39.0 Å². The molecule has 3 heteroatoms. The van der Waals surface area contributed by atoms with E-state index in [4.69, 9.17) is 15.2 Å². The first kappa shape index (κ1) is 13.0. The van der Waals surface area contributed by atoms with Gasteiger partial charge in [0.2, 0.25) is 0 Å². The van der Waals surface area contributed by atoms with Crippen LogP contribution in [-0.2, 0) is 4.74 Å². The van der Waals surface area contributed by atoms with E-state index < -0.39 is 0 Å². The number of methoxy groups -OCH3 is 1. The van der Waals surface area contributed by atoms with Crippen molar-refractivity contribution in [2.24, 2.45) is 5.73 Å². The first-order chi connectivity index (χ1) is 7.54. The third-order valence-electron chi connectivity index (χ3n) is 2.49. The van der Waals surface area contributed by atoms with Crippen LogP contribution in [0.15, 0.2) is 18.2 Å². The van der Waals surface area contributed by atoms with Crippen molar-refractivity contribution in [2.45, 2.75) is 32.9 Å². The van der Waals surface area contributed by atoms with E-state index in [9.17, 15) is 0 Å². The summed E-state index contributed by atoms with van der Waals surface area (Å²) in [4.78, 5) is 0. The standard InChI is InChI=1S/C13H21NO2/c1-9(2)16-8-13(14)12-6-5-11(15-4)7-10(12)3/h5-7,9,13H,8,14H2,1-4H3. The predicted molar refractivity (Wildman–Crippen MR) is 65.7 cm³/mol. The molecule has 0 aliphatic carbocycles. The number of benzene rings is 1. The van der Waals surface area contributed by atoms with Crippen LogP contribution in [0.3, 0.4) is 0 Å². The van der Waals surface area contributed by atoms with Gasteiger partial charge in [-0.05, 0) is 44.0 Å². The second-order valence-corrected chi connectivity index (χ2v) is 4.21. The van der Waals surface area contributed by atoms with Gasteiger partial charge in [-0.15, -0.1) is 0 Å². The third-order valence-corrected chi connectivity index (χ3v) is 2.49. The van der Waals surface area contributed by atoms with Gasteiger partial charge in [0.05, 0.1) is 25.9 Å². The van der Waals surface area contributed by atoms with E-state index >= 15 is 0 Å². The molecule has 0 fully saturated rings. The largest absolute Gasteiger partial charge is 0.497 e. The molecule has 0 heterocycles. The molecule has 1 atom stereocenters. The number of hydrogen-bond donors (Lipinski definition) is 1. The van der Waals surface area contributed by atoms with Gasteiger partial charge in [0, 0.05) is 0 Å². The van der Waals surface area contributed by atoms with E-state index in [1.165, 1.54) is 0 Å². The quantitative estimate of drug-likeness (QED) is 0.833. The molecule has 0 aromatic heterocycles. The molecule has 3 nitrogen and oxygen atoms in total. The summed E-state index contributed by atoms with van der Waals surface area (Å²) in [5, 5.41) is 0. The van der Waals surface area contributed by atoms with Crippen molar-refractivity contribution in [1.29, 1.82) is 0 Å². The molecule has 1 aromatic carbocycles. The summed E-state index contributed by atoms with van der Waals surface area (Å²) in [5.41, 5.74) is 8.32. The van der Waals surface area contributed by atoms with Gasteiger partial charge in [-0.25, -0.2) is 0 Å². The Morgan fingerprint density at radius 3 is 2.50 bits per heavy atom. The molecule has 1 unspecified atom stereocenters. The lowest BCUT2D eigenvalue weighted by atomic mass is 10.0. The highest BCUT2D eigenvalue weighted by atomic mass is 16.5. The first-order valence-corrected chi connectivity index (χ1v) is 5.56. The Morgan fingerprint density at radius 2 is 2.00 bits per heavy atom. The van der Waals surface area contributed by atoms with Crippen LogP contribution in [0.1, 0.15) is 31.0 Å². The number of rotatable bonds is 5. The molecule has 0 saturated heterocycles. The summed E-state index contributed by atoms with van der Waals surface area (Å²) in [7, 11) is 1.66. The molecule has 0 aliphatic rings. The molecule has 16 heavy (non-hydrogen) atoms. The Balaban J connectivity index is 2.71. The SMILES string of the molecule is COc1ccc(C(N)COC(C)C)c(C)c1. The van der Waals surface area contributed by atoms with Gasteiger partial charge in [0.25, 0.3) is 0 Å². The maximum atomic E-state index is 6.07. The highest BCUT2D eigenvalue weighted by Gasteiger charge is 2.10. The molecule has 0 aliphatic heterocycles. The van der Waals surface area contributed by atoms with Gasteiger partial charge in [-0.3, -0.25) is 0 Å². The van der Waals surface area contributed by atoms with Crippen molar-refractivity contribution in [2.75, 3.05) is 13.7 Å². The Morgan fingerprint density at radius 1 is 1.31 bits per heavy atom. The summed E-state index contributed by atoms with van der Waals surface area (Å²) in [5.74, 6) is 0.859. The average Bonchev–Trinajstić information content (AvgIpc) is 2.25. The van der Waals surface area contributed by atoms with E-state index in [0.717, 1.165) is 16.9 Å². The summed E-state index contributed by atoms with van der Waals surface area (Å²) in [6.45, 7) is 6.60. The predicted octanol–water partition coefficient (Wildman–Crippen LogP) is 2.43. The second kappa shape index (κ2) is 5.87. The van der Waals surface area contributed by atoms with Crippen LogP contribution < -0.4 is 10.5 Å². The second-order valence-electron chi connectivity index (χ2n) is 4.21. The Bertz CT molecular complexity index is 337. The molecule has 90 valence electrons. The van der Waals surface area contributed by atoms with Crippen molar-refractivity contribution >= 4 is 0 Å². The van der Waals surface area contributed by atoms with Gasteiger partial charge in [-0.2, -0.15) is 0 Å². The molecule has 1 aromatic rings. The third kappa shape index (κ3) is 3.51. The summed E-state index contributed by atoms with van der Waals surface area (Å²) in [6, 6.07) is 5.85. The smallest absolute Gasteiger partial charge is 0.119 e. The van der Waals surface area contributed by atoms with E-state index in [-0.39, 0.29) is 12.1 Å². The maximum absolute atomic E-state index is 6.07. The molecule has 0 saturated carbocycles. The minimum Gasteiger partial charge on any atom is -0.497 e. The van der Waals surface area contributed by atoms with Crippen LogP contribution in [0.4, 0.5) is 0 Å². The zero-order valence-electron chi connectivity index (χ0n) is 10.5. The van der Waals surface area contributed by atoms with Crippen LogP contribution in [0, 0.1) is 6.92 Å². The minimum absolute atomic E-state index is 0.0756. The fourth-order valence-electron chi connectivity index (χ4n) is 1.58.